The molecule has 0 aromatic heterocycles. The molecule has 18 atom stereocenters. The van der Waals surface area contributed by atoms with E-state index in [0.717, 1.165) is 6.42 Å². The predicted octanol–water partition coefficient (Wildman–Crippen LogP) is 1.93. The number of hydrogen-bond donors (Lipinski definition) is 7. The summed E-state index contributed by atoms with van der Waals surface area (Å²) < 4.78 is 38.4. The maximum absolute atomic E-state index is 14.5. The van der Waals surface area contributed by atoms with Crippen LogP contribution in [0.1, 0.15) is 108 Å². The zero-order chi connectivity index (χ0) is 42.6. The van der Waals surface area contributed by atoms with Crippen LogP contribution < -0.4 is 10.6 Å². The molecule has 0 amide bonds. The molecule has 0 aliphatic carbocycles. The molecule has 3 fully saturated rings. The van der Waals surface area contributed by atoms with Crippen molar-refractivity contribution in [2.45, 2.75) is 198 Å². The highest BCUT2D eigenvalue weighted by molar-refractivity contribution is 5.73. The van der Waals surface area contributed by atoms with Gasteiger partial charge in [-0.15, -0.1) is 0 Å². The van der Waals surface area contributed by atoms with E-state index in [1.807, 2.05) is 53.6 Å². The molecule has 7 N–H and O–H groups in total. The molecule has 3 saturated heterocycles. The number of nitrogens with one attached hydrogen (secondary N) is 2. The highest BCUT2D eigenvalue weighted by Gasteiger charge is 2.58. The van der Waals surface area contributed by atoms with E-state index in [0.29, 0.717) is 19.5 Å². The molecule has 15 heteroatoms. The van der Waals surface area contributed by atoms with Gasteiger partial charge in [0.15, 0.2) is 12.6 Å². The average molecular weight is 806 g/mol. The van der Waals surface area contributed by atoms with E-state index >= 15 is 0 Å². The van der Waals surface area contributed by atoms with Gasteiger partial charge in [0, 0.05) is 38.1 Å². The first kappa shape index (κ1) is 49.3. The molecule has 2 unspecified atom stereocenters. The van der Waals surface area contributed by atoms with Crippen molar-refractivity contribution in [3.8, 4) is 0 Å². The molecular weight excluding hydrogens is 726 g/mol. The molecule has 0 spiro atoms. The van der Waals surface area contributed by atoms with Crippen molar-refractivity contribution < 1.29 is 58.7 Å². The van der Waals surface area contributed by atoms with E-state index in [1.54, 1.807) is 34.6 Å². The molecule has 0 saturated carbocycles. The van der Waals surface area contributed by atoms with Crippen molar-refractivity contribution >= 4 is 5.97 Å². The van der Waals surface area contributed by atoms with Crippen LogP contribution in [0.15, 0.2) is 0 Å². The second kappa shape index (κ2) is 20.0. The van der Waals surface area contributed by atoms with Gasteiger partial charge in [-0.1, -0.05) is 27.7 Å². The van der Waals surface area contributed by atoms with Crippen LogP contribution in [0.4, 0.5) is 0 Å². The van der Waals surface area contributed by atoms with Crippen LogP contribution in [-0.2, 0) is 33.2 Å². The molecule has 3 heterocycles. The molecular formula is C41H79N3O12. The second-order valence-corrected chi connectivity index (χ2v) is 18.2. The Kier molecular flexibility index (Phi) is 17.6. The predicted molar refractivity (Wildman–Crippen MR) is 212 cm³/mol. The summed E-state index contributed by atoms with van der Waals surface area (Å²) in [6.07, 6.45) is -6.62. The number of aliphatic hydroxyl groups is 5. The van der Waals surface area contributed by atoms with Crippen LogP contribution in [0.3, 0.4) is 0 Å². The third-order valence-electron chi connectivity index (χ3n) is 13.0. The standard InChI is InChI=1S/C41H79N3O12/c1-15-17-42-22-41(50)28(8)53-31(20-39(41,10)51-14)54-33-25(5)34(56-37-32(46)29(44(12)13)18-24(4)52-37)38(9,48)19-23(3)21-43-27(7)35(55-36(47)26(33)6)40(11,49)30(45)16-2/h23-35,37,42-43,45-46,48-50H,15-22H2,1-14H3/t23-,24-,25+,26-,27-,28+,29+,30-,31+,32-,33+,34-,35?,37?,38-,39-,40-,41+/m1/s1. The van der Waals surface area contributed by atoms with Gasteiger partial charge in [0.1, 0.15) is 29.0 Å². The summed E-state index contributed by atoms with van der Waals surface area (Å²) in [5.41, 5.74) is -5.93. The van der Waals surface area contributed by atoms with Crippen LogP contribution >= 0.6 is 0 Å². The zero-order valence-corrected chi connectivity index (χ0v) is 36.8. The molecule has 0 bridgehead atoms. The topological polar surface area (TPSA) is 201 Å². The van der Waals surface area contributed by atoms with Crippen molar-refractivity contribution in [2.75, 3.05) is 40.8 Å². The number of methoxy groups -OCH3 is 1. The number of nitrogens with zero attached hydrogens (tertiary/aromatic N) is 1. The smallest absolute Gasteiger partial charge is 0.311 e. The van der Waals surface area contributed by atoms with E-state index in [9.17, 15) is 30.3 Å². The fourth-order valence-corrected chi connectivity index (χ4v) is 9.21. The molecule has 0 aromatic carbocycles. The van der Waals surface area contributed by atoms with Crippen molar-refractivity contribution in [1.82, 2.24) is 15.5 Å². The lowest BCUT2D eigenvalue weighted by Crippen LogP contribution is -2.70. The van der Waals surface area contributed by atoms with Crippen LogP contribution in [0.5, 0.6) is 0 Å². The highest BCUT2D eigenvalue weighted by atomic mass is 16.7. The highest BCUT2D eigenvalue weighted by Crippen LogP contribution is 2.43. The summed E-state index contributed by atoms with van der Waals surface area (Å²) in [5.74, 6) is -2.67. The number of esters is 1. The van der Waals surface area contributed by atoms with Gasteiger partial charge >= 0.3 is 5.97 Å². The number of carbonyl (C=O) groups is 1. The van der Waals surface area contributed by atoms with E-state index in [-0.39, 0.29) is 43.9 Å². The van der Waals surface area contributed by atoms with Gasteiger partial charge in [-0.05, 0) is 107 Å². The second-order valence-electron chi connectivity index (χ2n) is 18.2. The van der Waals surface area contributed by atoms with Crippen molar-refractivity contribution in [3.05, 3.63) is 0 Å². The average Bonchev–Trinajstić information content (AvgIpc) is 3.12. The molecule has 3 aliphatic rings. The van der Waals surface area contributed by atoms with Crippen molar-refractivity contribution in [1.29, 1.82) is 0 Å². The Morgan fingerprint density at radius 2 is 1.70 bits per heavy atom. The third-order valence-corrected chi connectivity index (χ3v) is 13.0. The summed E-state index contributed by atoms with van der Waals surface area (Å²) in [7, 11) is 5.31. The van der Waals surface area contributed by atoms with Crippen LogP contribution in [-0.4, -0.2) is 167 Å². The summed E-state index contributed by atoms with van der Waals surface area (Å²) in [6, 6.07) is -0.875. The zero-order valence-electron chi connectivity index (χ0n) is 36.8. The molecule has 3 aliphatic heterocycles. The van der Waals surface area contributed by atoms with Gasteiger partial charge in [0.05, 0.1) is 42.0 Å². The van der Waals surface area contributed by atoms with E-state index in [4.69, 9.17) is 28.4 Å². The van der Waals surface area contributed by atoms with Gasteiger partial charge in [-0.2, -0.15) is 0 Å². The number of aliphatic hydroxyl groups excluding tert-OH is 2. The lowest BCUT2D eigenvalue weighted by molar-refractivity contribution is -0.336. The van der Waals surface area contributed by atoms with Crippen LogP contribution in [0.2, 0.25) is 0 Å². The number of cyclic esters (lactones) is 1. The van der Waals surface area contributed by atoms with Crippen LogP contribution in [0, 0.1) is 17.8 Å². The van der Waals surface area contributed by atoms with E-state index in [2.05, 4.69) is 10.6 Å². The first-order valence-corrected chi connectivity index (χ1v) is 20.9. The Labute approximate surface area is 336 Å². The summed E-state index contributed by atoms with van der Waals surface area (Å²) in [4.78, 5) is 16.4. The Morgan fingerprint density at radius 3 is 2.27 bits per heavy atom. The van der Waals surface area contributed by atoms with E-state index in [1.165, 1.54) is 14.0 Å². The largest absolute Gasteiger partial charge is 0.457 e. The molecule has 0 aromatic rings. The normalized spacial score (nSPS) is 45.2. The lowest BCUT2D eigenvalue weighted by Gasteiger charge is -2.53. The maximum atomic E-state index is 14.5. The fourth-order valence-electron chi connectivity index (χ4n) is 9.21. The number of carbonyl (C=O) groups excluding carboxylic acids is 1. The Balaban J connectivity index is 2.16. The molecule has 0 radical (unpaired) electrons. The number of rotatable bonds is 13. The van der Waals surface area contributed by atoms with E-state index < -0.39 is 95.5 Å². The SMILES string of the molecule is CCCNC[C@]1(O)[C@H](C)O[C@@H](O[C@H]2[C@H](C)[C@@H](OC3O[C@H](C)C[C@H](N(C)C)[C@H]3O)[C@](C)(O)C[C@@H](C)CN[C@H](C)C([C@](C)(O)[C@H](O)CC)OC(=O)[C@@H]2C)C[C@@]1(C)OC. The third kappa shape index (κ3) is 11.0. The number of likely N-dealkylation sites (N-methyl/N-ethyl adjacent to an activating group) is 1. The van der Waals surface area contributed by atoms with Gasteiger partial charge in [-0.3, -0.25) is 4.79 Å². The minimum absolute atomic E-state index is 0.0928. The Morgan fingerprint density at radius 1 is 1.05 bits per heavy atom. The minimum atomic E-state index is -1.81. The van der Waals surface area contributed by atoms with Gasteiger partial charge in [0.25, 0.3) is 0 Å². The summed E-state index contributed by atoms with van der Waals surface area (Å²) >= 11 is 0. The fraction of sp³-hybridized carbons (Fsp3) is 0.976. The molecule has 330 valence electrons. The Hall–Kier alpha value is -1.05. The monoisotopic (exact) mass is 806 g/mol. The molecule has 15 nitrogen and oxygen atoms in total. The van der Waals surface area contributed by atoms with Gasteiger partial charge in [-0.25, -0.2) is 0 Å². The summed E-state index contributed by atoms with van der Waals surface area (Å²) in [5, 5.41) is 65.4. The molecule has 3 rings (SSSR count). The van der Waals surface area contributed by atoms with Gasteiger partial charge < -0.3 is 69.5 Å². The quantitative estimate of drug-likeness (QED) is 0.105. The van der Waals surface area contributed by atoms with Crippen molar-refractivity contribution in [3.63, 3.8) is 0 Å². The number of ether oxygens (including phenoxy) is 6. The van der Waals surface area contributed by atoms with Gasteiger partial charge in [0.2, 0.25) is 0 Å². The van der Waals surface area contributed by atoms with Crippen molar-refractivity contribution in [2.24, 2.45) is 17.8 Å². The summed E-state index contributed by atoms with van der Waals surface area (Å²) in [6.45, 7) is 20.9. The lowest BCUT2D eigenvalue weighted by atomic mass is 9.75. The first-order valence-electron chi connectivity index (χ1n) is 20.9. The first-order chi connectivity index (χ1) is 25.9. The van der Waals surface area contributed by atoms with Crippen LogP contribution in [0.25, 0.3) is 0 Å². The molecule has 56 heavy (non-hydrogen) atoms. The Bertz CT molecular complexity index is 1230. The minimum Gasteiger partial charge on any atom is -0.457 e. The number of hydrogen-bond acceptors (Lipinski definition) is 15. The maximum Gasteiger partial charge on any atom is 0.311 e.